The maximum Gasteiger partial charge on any atom is 0.315 e. The summed E-state index contributed by atoms with van der Waals surface area (Å²) in [6, 6.07) is 9.16. The van der Waals surface area contributed by atoms with Crippen LogP contribution in [0.3, 0.4) is 0 Å². The quantitative estimate of drug-likeness (QED) is 0.595. The highest BCUT2D eigenvalue weighted by Gasteiger charge is 2.51. The first-order chi connectivity index (χ1) is 12.5. The summed E-state index contributed by atoms with van der Waals surface area (Å²) < 4.78 is 0. The van der Waals surface area contributed by atoms with Gasteiger partial charge >= 0.3 is 12.0 Å². The highest BCUT2D eigenvalue weighted by Crippen LogP contribution is 2.45. The Morgan fingerprint density at radius 3 is 2.19 bits per heavy atom. The van der Waals surface area contributed by atoms with Crippen molar-refractivity contribution in [2.24, 2.45) is 5.41 Å². The molecule has 3 rings (SSSR count). The SMILES string of the molecule is O=C(NCc1ccccc1)NC1(C(=O)NCC2(C(=O)O)CC2)CCCC1. The number of nitrogens with one attached hydrogen (secondary N) is 3. The first-order valence-corrected chi connectivity index (χ1v) is 9.08. The summed E-state index contributed by atoms with van der Waals surface area (Å²) >= 11 is 0. The zero-order chi connectivity index (χ0) is 18.6. The Kier molecular flexibility index (Phi) is 5.15. The monoisotopic (exact) mass is 359 g/mol. The molecule has 0 aromatic heterocycles. The number of urea groups is 1. The second kappa shape index (κ2) is 7.35. The number of aliphatic carboxylic acids is 1. The molecule has 2 aliphatic carbocycles. The number of carboxylic acids is 1. The predicted octanol–water partition coefficient (Wildman–Crippen LogP) is 1.78. The molecule has 1 aromatic carbocycles. The molecule has 7 heteroatoms. The van der Waals surface area contributed by atoms with Crippen LogP contribution < -0.4 is 16.0 Å². The number of benzene rings is 1. The average Bonchev–Trinajstić information content (AvgIpc) is 3.30. The van der Waals surface area contributed by atoms with Gasteiger partial charge in [-0.15, -0.1) is 0 Å². The van der Waals surface area contributed by atoms with Gasteiger partial charge in [0, 0.05) is 13.1 Å². The molecule has 2 fully saturated rings. The molecule has 1 aromatic rings. The van der Waals surface area contributed by atoms with Crippen LogP contribution in [-0.2, 0) is 16.1 Å². The zero-order valence-corrected chi connectivity index (χ0v) is 14.7. The van der Waals surface area contributed by atoms with Gasteiger partial charge in [0.15, 0.2) is 0 Å². The third-order valence-corrected chi connectivity index (χ3v) is 5.44. The van der Waals surface area contributed by atoms with Crippen LogP contribution in [0.25, 0.3) is 0 Å². The summed E-state index contributed by atoms with van der Waals surface area (Å²) in [6.45, 7) is 0.503. The lowest BCUT2D eigenvalue weighted by Gasteiger charge is -2.29. The van der Waals surface area contributed by atoms with E-state index in [0.29, 0.717) is 32.2 Å². The van der Waals surface area contributed by atoms with E-state index in [0.717, 1.165) is 18.4 Å². The van der Waals surface area contributed by atoms with Gasteiger partial charge in [-0.2, -0.15) is 0 Å². The highest BCUT2D eigenvalue weighted by atomic mass is 16.4. The van der Waals surface area contributed by atoms with Crippen LogP contribution in [0.1, 0.15) is 44.1 Å². The minimum absolute atomic E-state index is 0.121. The molecule has 3 amide bonds. The lowest BCUT2D eigenvalue weighted by molar-refractivity contribution is -0.143. The van der Waals surface area contributed by atoms with E-state index in [-0.39, 0.29) is 18.5 Å². The lowest BCUT2D eigenvalue weighted by atomic mass is 9.95. The first-order valence-electron chi connectivity index (χ1n) is 9.08. The second-order valence-electron chi connectivity index (χ2n) is 7.35. The number of rotatable bonds is 7. The van der Waals surface area contributed by atoms with Crippen molar-refractivity contribution in [3.05, 3.63) is 35.9 Å². The van der Waals surface area contributed by atoms with E-state index >= 15 is 0 Å². The van der Waals surface area contributed by atoms with Crippen molar-refractivity contribution in [2.45, 2.75) is 50.6 Å². The van der Waals surface area contributed by atoms with Crippen LogP contribution in [0, 0.1) is 5.41 Å². The largest absolute Gasteiger partial charge is 0.481 e. The normalized spacial score (nSPS) is 19.4. The summed E-state index contributed by atoms with van der Waals surface area (Å²) in [7, 11) is 0. The van der Waals surface area contributed by atoms with E-state index in [1.807, 2.05) is 30.3 Å². The van der Waals surface area contributed by atoms with Crippen molar-refractivity contribution < 1.29 is 19.5 Å². The first kappa shape index (κ1) is 18.2. The minimum atomic E-state index is -0.949. The Labute approximate surface area is 152 Å². The van der Waals surface area contributed by atoms with Crippen LogP contribution in [0.4, 0.5) is 4.79 Å². The minimum Gasteiger partial charge on any atom is -0.481 e. The number of hydrogen-bond donors (Lipinski definition) is 4. The Hall–Kier alpha value is -2.57. The third-order valence-electron chi connectivity index (χ3n) is 5.44. The molecular formula is C19H25N3O4. The molecule has 4 N–H and O–H groups in total. The molecule has 0 aliphatic heterocycles. The molecule has 0 unspecified atom stereocenters. The average molecular weight is 359 g/mol. The van der Waals surface area contributed by atoms with Gasteiger partial charge in [-0.3, -0.25) is 9.59 Å². The van der Waals surface area contributed by atoms with E-state index in [9.17, 15) is 19.5 Å². The molecule has 0 bridgehead atoms. The molecular weight excluding hydrogens is 334 g/mol. The van der Waals surface area contributed by atoms with Crippen LogP contribution in [0.2, 0.25) is 0 Å². The summed E-state index contributed by atoms with van der Waals surface area (Å²) in [5.41, 5.74) is -0.787. The highest BCUT2D eigenvalue weighted by molar-refractivity contribution is 5.92. The molecule has 0 atom stereocenters. The Morgan fingerprint density at radius 2 is 1.62 bits per heavy atom. The molecule has 26 heavy (non-hydrogen) atoms. The Balaban J connectivity index is 1.55. The maximum atomic E-state index is 12.7. The maximum absolute atomic E-state index is 12.7. The van der Waals surface area contributed by atoms with Crippen molar-refractivity contribution in [1.29, 1.82) is 0 Å². The number of carbonyl (C=O) groups excluding carboxylic acids is 2. The third kappa shape index (κ3) is 3.98. The van der Waals surface area contributed by atoms with E-state index in [2.05, 4.69) is 16.0 Å². The van der Waals surface area contributed by atoms with Crippen LogP contribution in [-0.4, -0.2) is 35.1 Å². The zero-order valence-electron chi connectivity index (χ0n) is 14.7. The van der Waals surface area contributed by atoms with Crippen molar-refractivity contribution in [2.75, 3.05) is 6.54 Å². The molecule has 0 radical (unpaired) electrons. The van der Waals surface area contributed by atoms with Gasteiger partial charge in [-0.05, 0) is 31.2 Å². The predicted molar refractivity (Wildman–Crippen MR) is 95.3 cm³/mol. The summed E-state index contributed by atoms with van der Waals surface area (Å²) in [5, 5.41) is 17.6. The van der Waals surface area contributed by atoms with E-state index in [1.165, 1.54) is 0 Å². The van der Waals surface area contributed by atoms with Gasteiger partial charge in [0.1, 0.15) is 5.54 Å². The number of amides is 3. The van der Waals surface area contributed by atoms with Gasteiger partial charge in [0.05, 0.1) is 5.41 Å². The van der Waals surface area contributed by atoms with Crippen LogP contribution in [0.15, 0.2) is 30.3 Å². The topological polar surface area (TPSA) is 108 Å². The molecule has 2 aliphatic rings. The number of carboxylic acid groups (broad SMARTS) is 1. The summed E-state index contributed by atoms with van der Waals surface area (Å²) in [6.07, 6.45) is 4.02. The standard InChI is InChI=1S/C19H25N3O4/c23-15(21-13-18(10-11-18)16(24)25)19(8-4-5-9-19)22-17(26)20-12-14-6-2-1-3-7-14/h1-3,6-7H,4-5,8-13H2,(H,21,23)(H,24,25)(H2,20,22,26). The van der Waals surface area contributed by atoms with Gasteiger partial charge in [0.2, 0.25) is 5.91 Å². The van der Waals surface area contributed by atoms with Crippen molar-refractivity contribution >= 4 is 17.9 Å². The van der Waals surface area contributed by atoms with Crippen molar-refractivity contribution in [3.8, 4) is 0 Å². The van der Waals surface area contributed by atoms with Crippen LogP contribution in [0.5, 0.6) is 0 Å². The number of hydrogen-bond acceptors (Lipinski definition) is 3. The molecule has 7 nitrogen and oxygen atoms in total. The fraction of sp³-hybridized carbons (Fsp3) is 0.526. The smallest absolute Gasteiger partial charge is 0.315 e. The summed E-state index contributed by atoms with van der Waals surface area (Å²) in [5.74, 6) is -1.15. The van der Waals surface area contributed by atoms with Gasteiger partial charge < -0.3 is 21.1 Å². The fourth-order valence-electron chi connectivity index (χ4n) is 3.46. The van der Waals surface area contributed by atoms with E-state index < -0.39 is 16.9 Å². The van der Waals surface area contributed by atoms with Crippen molar-refractivity contribution in [1.82, 2.24) is 16.0 Å². The van der Waals surface area contributed by atoms with Crippen LogP contribution >= 0.6 is 0 Å². The Bertz CT molecular complexity index is 679. The summed E-state index contributed by atoms with van der Waals surface area (Å²) in [4.78, 5) is 36.3. The van der Waals surface area contributed by atoms with E-state index in [4.69, 9.17) is 0 Å². The van der Waals surface area contributed by atoms with Gasteiger partial charge in [-0.1, -0.05) is 43.2 Å². The molecule has 0 heterocycles. The van der Waals surface area contributed by atoms with Gasteiger partial charge in [0.25, 0.3) is 0 Å². The van der Waals surface area contributed by atoms with E-state index in [1.54, 1.807) is 0 Å². The number of carbonyl (C=O) groups is 3. The fourth-order valence-corrected chi connectivity index (χ4v) is 3.46. The Morgan fingerprint density at radius 1 is 0.962 bits per heavy atom. The molecule has 0 spiro atoms. The van der Waals surface area contributed by atoms with Gasteiger partial charge in [-0.25, -0.2) is 4.79 Å². The molecule has 2 saturated carbocycles. The van der Waals surface area contributed by atoms with Crippen molar-refractivity contribution in [3.63, 3.8) is 0 Å². The molecule has 140 valence electrons. The second-order valence-corrected chi connectivity index (χ2v) is 7.35. The molecule has 0 saturated heterocycles. The lowest BCUT2D eigenvalue weighted by Crippen LogP contribution is -2.59.